The Kier molecular flexibility index (Phi) is 5.52. The summed E-state index contributed by atoms with van der Waals surface area (Å²) in [7, 11) is 0. The van der Waals surface area contributed by atoms with Gasteiger partial charge in [0, 0.05) is 25.1 Å². The molecule has 6 N–H and O–H groups in total. The molecule has 0 saturated carbocycles. The van der Waals surface area contributed by atoms with E-state index in [1.54, 1.807) is 0 Å². The molecule has 0 atom stereocenters. The van der Waals surface area contributed by atoms with Crippen molar-refractivity contribution in [1.29, 1.82) is 0 Å². The summed E-state index contributed by atoms with van der Waals surface area (Å²) in [5.74, 6) is 0. The van der Waals surface area contributed by atoms with Crippen LogP contribution in [-0.4, -0.2) is 29.2 Å². The van der Waals surface area contributed by atoms with Crippen LogP contribution in [0.15, 0.2) is 21.9 Å². The minimum absolute atomic E-state index is 0.335. The fourth-order valence-electron chi connectivity index (χ4n) is 1.46. The molecule has 0 aliphatic heterocycles. The number of hydrogen-bond donors (Lipinski definition) is 3. The Morgan fingerprint density at radius 2 is 2.12 bits per heavy atom. The van der Waals surface area contributed by atoms with Gasteiger partial charge in [0.05, 0.1) is 26.2 Å². The number of aromatic amines is 1. The molecule has 0 aromatic carbocycles. The molecule has 0 bridgehead atoms. The van der Waals surface area contributed by atoms with Gasteiger partial charge in [0.1, 0.15) is 0 Å². The van der Waals surface area contributed by atoms with E-state index in [4.69, 9.17) is 0 Å². The molecule has 6 nitrogen and oxygen atoms in total. The molecular weight excluding hydrogens is 208 g/mol. The number of rotatable bonds is 7. The predicted octanol–water partition coefficient (Wildman–Crippen LogP) is -2.88. The minimum atomic E-state index is -0.347. The van der Waals surface area contributed by atoms with Gasteiger partial charge in [0.25, 0.3) is 5.56 Å². The van der Waals surface area contributed by atoms with Gasteiger partial charge in [0.15, 0.2) is 0 Å². The zero-order chi connectivity index (χ0) is 11.8. The molecule has 0 aliphatic rings. The number of quaternary nitrogens is 2. The van der Waals surface area contributed by atoms with Crippen LogP contribution in [0, 0.1) is 0 Å². The van der Waals surface area contributed by atoms with Gasteiger partial charge in [-0.15, -0.1) is 0 Å². The smallest absolute Gasteiger partial charge is 0.328 e. The zero-order valence-electron chi connectivity index (χ0n) is 9.45. The third kappa shape index (κ3) is 4.41. The van der Waals surface area contributed by atoms with Crippen molar-refractivity contribution in [2.75, 3.05) is 19.6 Å². The number of aromatic nitrogens is 2. The molecule has 1 heterocycles. The highest BCUT2D eigenvalue weighted by atomic mass is 16.2. The maximum atomic E-state index is 11.3. The largest absolute Gasteiger partial charge is 0.358 e. The molecule has 0 fully saturated rings. The van der Waals surface area contributed by atoms with Crippen molar-refractivity contribution in [3.05, 3.63) is 33.1 Å². The number of nitrogens with one attached hydrogen (secondary N) is 1. The Morgan fingerprint density at radius 1 is 1.31 bits per heavy atom. The van der Waals surface area contributed by atoms with Crippen LogP contribution >= 0.6 is 0 Å². The number of nitrogens with zero attached hydrogens (tertiary/aromatic N) is 1. The highest BCUT2D eigenvalue weighted by molar-refractivity contribution is 4.82. The molecule has 0 unspecified atom stereocenters. The van der Waals surface area contributed by atoms with E-state index in [2.05, 4.69) is 16.0 Å². The molecule has 0 saturated heterocycles. The van der Waals surface area contributed by atoms with Crippen LogP contribution in [0.1, 0.15) is 12.8 Å². The number of nitrogens with two attached hydrogens (primary N) is 1. The van der Waals surface area contributed by atoms with Gasteiger partial charge in [-0.3, -0.25) is 14.3 Å². The van der Waals surface area contributed by atoms with Crippen molar-refractivity contribution in [2.24, 2.45) is 0 Å². The molecule has 1 aromatic rings. The van der Waals surface area contributed by atoms with Gasteiger partial charge in [-0.25, -0.2) is 4.79 Å². The molecule has 1 aromatic heterocycles. The topological polar surface area (TPSA) is 99.1 Å². The van der Waals surface area contributed by atoms with Gasteiger partial charge in [-0.1, -0.05) is 0 Å². The van der Waals surface area contributed by atoms with E-state index in [9.17, 15) is 9.59 Å². The first-order chi connectivity index (χ1) is 7.74. The second-order valence-electron chi connectivity index (χ2n) is 3.73. The maximum absolute atomic E-state index is 11.3. The Morgan fingerprint density at radius 3 is 2.81 bits per heavy atom. The molecule has 0 amide bonds. The maximum Gasteiger partial charge on any atom is 0.328 e. The van der Waals surface area contributed by atoms with Crippen molar-refractivity contribution >= 4 is 0 Å². The highest BCUT2D eigenvalue weighted by Crippen LogP contribution is 1.77. The SMILES string of the molecule is [NH3+]CCCC[NH2+]CCn1ccc(=O)[nH]c1=O. The quantitative estimate of drug-likeness (QED) is 0.437. The summed E-state index contributed by atoms with van der Waals surface area (Å²) in [6.07, 6.45) is 3.84. The van der Waals surface area contributed by atoms with Crippen LogP contribution in [0.5, 0.6) is 0 Å². The van der Waals surface area contributed by atoms with Crippen LogP contribution in [0.3, 0.4) is 0 Å². The Hall–Kier alpha value is -1.40. The minimum Gasteiger partial charge on any atom is -0.358 e. The fourth-order valence-corrected chi connectivity index (χ4v) is 1.46. The van der Waals surface area contributed by atoms with Crippen molar-refractivity contribution < 1.29 is 11.1 Å². The first kappa shape index (κ1) is 12.7. The lowest BCUT2D eigenvalue weighted by molar-refractivity contribution is -0.656. The van der Waals surface area contributed by atoms with Gasteiger partial charge >= 0.3 is 5.69 Å². The lowest BCUT2D eigenvalue weighted by atomic mass is 10.3. The predicted molar refractivity (Wildman–Crippen MR) is 60.0 cm³/mol. The molecule has 16 heavy (non-hydrogen) atoms. The van der Waals surface area contributed by atoms with Crippen LogP contribution in [0.2, 0.25) is 0 Å². The first-order valence-corrected chi connectivity index (χ1v) is 5.64. The molecule has 0 aliphatic carbocycles. The van der Waals surface area contributed by atoms with Crippen molar-refractivity contribution in [1.82, 2.24) is 9.55 Å². The number of H-pyrrole nitrogens is 1. The third-order valence-corrected chi connectivity index (χ3v) is 2.38. The third-order valence-electron chi connectivity index (χ3n) is 2.38. The summed E-state index contributed by atoms with van der Waals surface area (Å²) in [6.45, 7) is 3.52. The van der Waals surface area contributed by atoms with Crippen LogP contribution in [-0.2, 0) is 6.54 Å². The van der Waals surface area contributed by atoms with E-state index >= 15 is 0 Å². The lowest BCUT2D eigenvalue weighted by Gasteiger charge is -2.03. The Labute approximate surface area is 93.5 Å². The van der Waals surface area contributed by atoms with E-state index in [0.717, 1.165) is 32.5 Å². The van der Waals surface area contributed by atoms with Crippen LogP contribution in [0.4, 0.5) is 0 Å². The molecule has 6 heteroatoms. The monoisotopic (exact) mass is 228 g/mol. The summed E-state index contributed by atoms with van der Waals surface area (Å²) in [5, 5.41) is 2.17. The van der Waals surface area contributed by atoms with Gasteiger partial charge in [0.2, 0.25) is 0 Å². The molecule has 1 rings (SSSR count). The average Bonchev–Trinajstić information content (AvgIpc) is 2.26. The van der Waals surface area contributed by atoms with E-state index in [0.29, 0.717) is 6.54 Å². The van der Waals surface area contributed by atoms with Gasteiger partial charge in [-0.2, -0.15) is 0 Å². The normalized spacial score (nSPS) is 10.6. The van der Waals surface area contributed by atoms with E-state index < -0.39 is 0 Å². The van der Waals surface area contributed by atoms with Crippen molar-refractivity contribution in [2.45, 2.75) is 19.4 Å². The summed E-state index contributed by atoms with van der Waals surface area (Å²) in [4.78, 5) is 24.3. The summed E-state index contributed by atoms with van der Waals surface area (Å²) in [5.41, 5.74) is 3.10. The van der Waals surface area contributed by atoms with Crippen molar-refractivity contribution in [3.8, 4) is 0 Å². The van der Waals surface area contributed by atoms with Crippen molar-refractivity contribution in [3.63, 3.8) is 0 Å². The Bertz CT molecular complexity index is 410. The molecule has 0 spiro atoms. The number of hydrogen-bond acceptors (Lipinski definition) is 2. The average molecular weight is 228 g/mol. The molecule has 0 radical (unpaired) electrons. The Balaban J connectivity index is 2.27. The second kappa shape index (κ2) is 6.97. The lowest BCUT2D eigenvalue weighted by Crippen LogP contribution is -2.85. The molecule has 90 valence electrons. The fraction of sp³-hybridized carbons (Fsp3) is 0.600. The second-order valence-corrected chi connectivity index (χ2v) is 3.73. The number of unbranched alkanes of at least 4 members (excludes halogenated alkanes) is 1. The summed E-state index contributed by atoms with van der Waals surface area (Å²) >= 11 is 0. The van der Waals surface area contributed by atoms with Crippen LogP contribution < -0.4 is 22.3 Å². The van der Waals surface area contributed by atoms with E-state index in [-0.39, 0.29) is 11.2 Å². The highest BCUT2D eigenvalue weighted by Gasteiger charge is 1.97. The zero-order valence-corrected chi connectivity index (χ0v) is 9.45. The van der Waals surface area contributed by atoms with Gasteiger partial charge < -0.3 is 11.1 Å². The first-order valence-electron chi connectivity index (χ1n) is 5.64. The van der Waals surface area contributed by atoms with Gasteiger partial charge in [-0.05, 0) is 0 Å². The summed E-state index contributed by atoms with van der Waals surface area (Å²) in [6, 6.07) is 1.37. The summed E-state index contributed by atoms with van der Waals surface area (Å²) < 4.78 is 1.51. The van der Waals surface area contributed by atoms with E-state index in [1.165, 1.54) is 16.8 Å². The molecular formula is C10H20N4O2+2. The standard InChI is InChI=1S/C10H18N4O2/c11-4-1-2-5-12-6-8-14-7-3-9(15)13-10(14)16/h3,7,12H,1-2,4-6,8,11H2,(H,13,15,16)/p+2. The van der Waals surface area contributed by atoms with E-state index in [1.807, 2.05) is 0 Å². The van der Waals surface area contributed by atoms with Crippen LogP contribution in [0.25, 0.3) is 0 Å².